The monoisotopic (exact) mass is 540 g/mol. The fraction of sp³-hybridized carbons (Fsp3) is 0.100. The Morgan fingerprint density at radius 2 is 1.88 bits per heavy atom. The minimum Gasteiger partial charge on any atom is -0.147 e. The van der Waals surface area contributed by atoms with Crippen LogP contribution in [-0.4, -0.2) is 5.01 Å². The summed E-state index contributed by atoms with van der Waals surface area (Å²) in [6.45, 7) is 0. The molecule has 26 heavy (non-hydrogen) atoms. The first kappa shape index (κ1) is 23.7. The summed E-state index contributed by atoms with van der Waals surface area (Å²) in [7, 11) is 4.17. The average Bonchev–Trinajstić information content (AvgIpc) is 3.31. The van der Waals surface area contributed by atoms with Gasteiger partial charge >= 0.3 is 31.5 Å². The Morgan fingerprint density at radius 3 is 2.65 bits per heavy atom. The largest absolute Gasteiger partial charge is 0.147 e. The van der Waals surface area contributed by atoms with Crippen molar-refractivity contribution in [2.45, 2.75) is 11.4 Å². The maximum absolute atomic E-state index is 5.57. The summed E-state index contributed by atoms with van der Waals surface area (Å²) in [5.74, 6) is 0.956. The number of alkyl halides is 1. The van der Waals surface area contributed by atoms with Crippen LogP contribution in [0.2, 0.25) is 0 Å². The van der Waals surface area contributed by atoms with E-state index in [1.165, 1.54) is 21.6 Å². The Balaban J connectivity index is 0.000000232. The molecule has 0 saturated carbocycles. The van der Waals surface area contributed by atoms with Crippen LogP contribution in [0.4, 0.5) is 0 Å². The number of ether oxygens (including phenoxy) is 1. The molecule has 1 unspecified atom stereocenters. The van der Waals surface area contributed by atoms with E-state index in [0.29, 0.717) is 0 Å². The van der Waals surface area contributed by atoms with Gasteiger partial charge < -0.3 is 29.6 Å². The normalized spacial score (nSPS) is 16.5. The Bertz CT molecular complexity index is 943. The molecule has 0 N–H and O–H groups in total. The predicted molar refractivity (Wildman–Crippen MR) is 99.7 cm³/mol. The van der Waals surface area contributed by atoms with Gasteiger partial charge in [0.15, 0.2) is 0 Å². The first-order valence-corrected chi connectivity index (χ1v) is 11.8. The van der Waals surface area contributed by atoms with Crippen molar-refractivity contribution in [3.8, 4) is 0 Å². The molecular formula is C20H13BrCl2OSZr-2. The molecule has 0 saturated heterocycles. The third kappa shape index (κ3) is 5.33. The van der Waals surface area contributed by atoms with Crippen molar-refractivity contribution >= 4 is 42.7 Å². The van der Waals surface area contributed by atoms with Gasteiger partial charge in [0, 0.05) is 5.76 Å². The molecule has 0 spiro atoms. The van der Waals surface area contributed by atoms with E-state index in [0.717, 1.165) is 40.4 Å². The molecule has 5 rings (SSSR count). The van der Waals surface area contributed by atoms with Gasteiger partial charge in [-0.1, -0.05) is 51.8 Å². The van der Waals surface area contributed by atoms with Crippen LogP contribution in [-0.2, 0) is 33.8 Å². The van der Waals surface area contributed by atoms with Gasteiger partial charge in [-0.15, -0.1) is 53.6 Å². The number of benzene rings is 2. The Labute approximate surface area is 192 Å². The summed E-state index contributed by atoms with van der Waals surface area (Å²) in [6.07, 6.45) is 10.7. The van der Waals surface area contributed by atoms with E-state index in [4.69, 9.17) is 4.74 Å². The van der Waals surface area contributed by atoms with Crippen LogP contribution < -0.4 is 35.3 Å². The zero-order valence-electron chi connectivity index (χ0n) is 13.5. The van der Waals surface area contributed by atoms with E-state index in [2.05, 4.69) is 73.4 Å². The third-order valence-electron chi connectivity index (χ3n) is 3.84. The van der Waals surface area contributed by atoms with Crippen LogP contribution in [0.25, 0.3) is 17.9 Å². The fourth-order valence-corrected chi connectivity index (χ4v) is 3.24. The fourth-order valence-electron chi connectivity index (χ4n) is 2.81. The zero-order chi connectivity index (χ0) is 16.9. The molecule has 2 aromatic carbocycles. The van der Waals surface area contributed by atoms with Crippen LogP contribution in [0.5, 0.6) is 0 Å². The van der Waals surface area contributed by atoms with Crippen molar-refractivity contribution in [1.29, 1.82) is 0 Å². The first-order valence-electron chi connectivity index (χ1n) is 7.43. The van der Waals surface area contributed by atoms with Gasteiger partial charge in [0.25, 0.3) is 0 Å². The van der Waals surface area contributed by atoms with Crippen molar-refractivity contribution in [2.75, 3.05) is 0 Å². The van der Waals surface area contributed by atoms with E-state index >= 15 is 0 Å². The molecule has 132 valence electrons. The Hall–Kier alpha value is -0.377. The van der Waals surface area contributed by atoms with Crippen LogP contribution in [0.1, 0.15) is 11.1 Å². The molecule has 0 bridgehead atoms. The molecule has 3 aliphatic rings. The van der Waals surface area contributed by atoms with E-state index in [1.807, 2.05) is 24.3 Å². The first-order chi connectivity index (χ1) is 11.8. The molecule has 1 atom stereocenters. The van der Waals surface area contributed by atoms with Gasteiger partial charge in [-0.2, -0.15) is 11.6 Å². The number of allylic oxidation sites excluding steroid dienone is 1. The molecule has 6 heteroatoms. The maximum Gasteiger partial charge on any atom is -0.0528 e. The van der Waals surface area contributed by atoms with Crippen LogP contribution in [0.3, 0.4) is 0 Å². The second-order valence-corrected chi connectivity index (χ2v) is 6.10. The van der Waals surface area contributed by atoms with Gasteiger partial charge in [0.2, 0.25) is 0 Å². The molecule has 2 aromatic rings. The molecule has 1 heterocycles. The summed E-state index contributed by atoms with van der Waals surface area (Å²) < 4.78 is 5.57. The summed E-state index contributed by atoms with van der Waals surface area (Å²) in [5.41, 5.74) is 3.73. The molecule has 1 aliphatic heterocycles. The van der Waals surface area contributed by atoms with E-state index < -0.39 is 0 Å². The van der Waals surface area contributed by atoms with Crippen molar-refractivity contribution in [3.63, 3.8) is 0 Å². The molecule has 0 amide bonds. The quantitative estimate of drug-likeness (QED) is 0.275. The minimum absolute atomic E-state index is 0. The number of halogens is 3. The molecular weight excluding hydrogens is 530 g/mol. The number of hydrogen-bond acceptors (Lipinski definition) is 2. The van der Waals surface area contributed by atoms with Gasteiger partial charge in [-0.05, 0) is 5.22 Å². The minimum atomic E-state index is -0.0814. The number of rotatable bonds is 0. The molecule has 0 aromatic heterocycles. The average molecular weight is 543 g/mol. The standard InChI is InChI=1S/C11H6BrO.C9H7.2ClH.S.Zr/c12-10-6-8-5-7-3-1-2-4-9(7)11(8)13-10;1-2-5-9-7-3-6-8(9)4-1;;;;/h1-5,10H;1-4,7H,6H2;2*1H;;/q2*-1;;;;+2/p-2. The van der Waals surface area contributed by atoms with Crippen LogP contribution in [0, 0.1) is 12.1 Å². The predicted octanol–water partition coefficient (Wildman–Crippen LogP) is -2.22. The van der Waals surface area contributed by atoms with Crippen molar-refractivity contribution in [1.82, 2.24) is 0 Å². The molecule has 2 aliphatic carbocycles. The van der Waals surface area contributed by atoms with Crippen LogP contribution >= 0.6 is 24.8 Å². The second kappa shape index (κ2) is 11.5. The van der Waals surface area contributed by atoms with Crippen LogP contribution in [0.15, 0.2) is 54.1 Å². The number of fused-ring (bicyclic) bond motifs is 3. The number of hydrogen-bond donors (Lipinski definition) is 0. The summed E-state index contributed by atoms with van der Waals surface area (Å²) in [4.78, 5) is 0. The van der Waals surface area contributed by atoms with Gasteiger partial charge in [0.1, 0.15) is 5.01 Å². The van der Waals surface area contributed by atoms with Gasteiger partial charge in [0.05, 0.1) is 0 Å². The summed E-state index contributed by atoms with van der Waals surface area (Å²) in [5, 5.41) is 2.31. The Morgan fingerprint density at radius 1 is 1.12 bits per heavy atom. The maximum atomic E-state index is 5.57. The summed E-state index contributed by atoms with van der Waals surface area (Å²) in [6, 6.07) is 17.5. The van der Waals surface area contributed by atoms with E-state index in [9.17, 15) is 0 Å². The zero-order valence-corrected chi connectivity index (χ0v) is 19.9. The SMILES string of the molecule is BrC1[C-]=C2C=c3ccccc3=C2O1.[Cl-].[Cl-].[S]=[Zr+2].[c-]1cccc2c1C=CC2. The summed E-state index contributed by atoms with van der Waals surface area (Å²) >= 11 is 4.48. The smallest absolute Gasteiger partial charge is 0.0528 e. The van der Waals surface area contributed by atoms with Gasteiger partial charge in [-0.3, -0.25) is 0 Å². The van der Waals surface area contributed by atoms with Crippen molar-refractivity contribution in [3.05, 3.63) is 87.8 Å². The second-order valence-electron chi connectivity index (χ2n) is 5.27. The van der Waals surface area contributed by atoms with E-state index in [-0.39, 0.29) is 29.8 Å². The van der Waals surface area contributed by atoms with E-state index in [1.54, 1.807) is 0 Å². The molecule has 0 radical (unpaired) electrons. The van der Waals surface area contributed by atoms with Crippen molar-refractivity contribution < 1.29 is 52.2 Å². The van der Waals surface area contributed by atoms with Crippen molar-refractivity contribution in [2.24, 2.45) is 0 Å². The van der Waals surface area contributed by atoms with Gasteiger partial charge in [-0.25, -0.2) is 0 Å². The molecule has 1 nitrogen and oxygen atoms in total. The third-order valence-corrected chi connectivity index (χ3v) is 4.26. The Kier molecular flexibility index (Phi) is 10.4. The topological polar surface area (TPSA) is 9.23 Å². The molecule has 0 fully saturated rings.